The van der Waals surface area contributed by atoms with Gasteiger partial charge >= 0.3 is 0 Å². The summed E-state index contributed by atoms with van der Waals surface area (Å²) in [6.45, 7) is 12.0. The molecular weight excluding hydrogens is 498 g/mol. The number of rotatable bonds is 10. The zero-order valence-electron chi connectivity index (χ0n) is 22.2. The second-order valence-electron chi connectivity index (χ2n) is 10.5. The normalized spacial score (nSPS) is 12.8. The minimum atomic E-state index is -3.77. The van der Waals surface area contributed by atoms with Crippen molar-refractivity contribution >= 4 is 39.1 Å². The van der Waals surface area contributed by atoms with Gasteiger partial charge in [0.1, 0.15) is 12.6 Å². The molecule has 0 saturated carbocycles. The van der Waals surface area contributed by atoms with Crippen LogP contribution in [0.5, 0.6) is 0 Å². The van der Waals surface area contributed by atoms with Gasteiger partial charge in [0.2, 0.25) is 21.8 Å². The molecule has 0 aliphatic heterocycles. The lowest BCUT2D eigenvalue weighted by atomic mass is 9.87. The van der Waals surface area contributed by atoms with Crippen molar-refractivity contribution in [2.75, 3.05) is 23.7 Å². The van der Waals surface area contributed by atoms with Crippen molar-refractivity contribution in [2.45, 2.75) is 59.5 Å². The molecule has 36 heavy (non-hydrogen) atoms. The van der Waals surface area contributed by atoms with Crippen LogP contribution in [0.4, 0.5) is 5.69 Å². The number of nitrogens with one attached hydrogen (secondary N) is 1. The van der Waals surface area contributed by atoms with Gasteiger partial charge < -0.3 is 10.2 Å². The fourth-order valence-electron chi connectivity index (χ4n) is 3.56. The molecule has 0 aromatic heterocycles. The van der Waals surface area contributed by atoms with Crippen molar-refractivity contribution in [1.82, 2.24) is 10.2 Å². The molecule has 1 N–H and O–H groups in total. The van der Waals surface area contributed by atoms with Crippen molar-refractivity contribution in [3.05, 3.63) is 64.7 Å². The fraction of sp³-hybridized carbons (Fsp3) is 0.481. The van der Waals surface area contributed by atoms with E-state index in [0.29, 0.717) is 17.3 Å². The summed E-state index contributed by atoms with van der Waals surface area (Å²) in [6.07, 6.45) is 1.07. The summed E-state index contributed by atoms with van der Waals surface area (Å²) < 4.78 is 26.5. The minimum absolute atomic E-state index is 0.0988. The van der Waals surface area contributed by atoms with Gasteiger partial charge in [-0.25, -0.2) is 8.42 Å². The Hall–Kier alpha value is -2.58. The first-order chi connectivity index (χ1) is 16.6. The molecule has 0 radical (unpaired) electrons. The van der Waals surface area contributed by atoms with Crippen LogP contribution in [0.3, 0.4) is 0 Å². The molecule has 1 atom stereocenters. The zero-order chi connectivity index (χ0) is 27.3. The van der Waals surface area contributed by atoms with E-state index in [9.17, 15) is 18.0 Å². The van der Waals surface area contributed by atoms with Crippen LogP contribution in [0.15, 0.2) is 48.5 Å². The largest absolute Gasteiger partial charge is 0.354 e. The molecule has 2 amide bonds. The fourth-order valence-corrected chi connectivity index (χ4v) is 4.54. The summed E-state index contributed by atoms with van der Waals surface area (Å²) in [6, 6.07) is 13.3. The van der Waals surface area contributed by atoms with E-state index in [0.717, 1.165) is 21.7 Å². The molecule has 0 spiro atoms. The number of carbonyl (C=O) groups excluding carboxylic acids is 2. The third kappa shape index (κ3) is 8.52. The molecule has 2 rings (SSSR count). The lowest BCUT2D eigenvalue weighted by Gasteiger charge is -2.32. The molecule has 2 aromatic rings. The maximum absolute atomic E-state index is 13.6. The lowest BCUT2D eigenvalue weighted by molar-refractivity contribution is -0.139. The number of anilines is 1. The topological polar surface area (TPSA) is 86.8 Å². The molecule has 0 aliphatic carbocycles. The lowest BCUT2D eigenvalue weighted by Crippen LogP contribution is -2.51. The highest BCUT2D eigenvalue weighted by molar-refractivity contribution is 7.92. The molecule has 0 heterocycles. The predicted molar refractivity (Wildman–Crippen MR) is 147 cm³/mol. The minimum Gasteiger partial charge on any atom is -0.354 e. The van der Waals surface area contributed by atoms with Crippen molar-refractivity contribution in [1.29, 1.82) is 0 Å². The van der Waals surface area contributed by atoms with Crippen LogP contribution < -0.4 is 9.62 Å². The molecule has 9 heteroatoms. The Morgan fingerprint density at radius 1 is 0.972 bits per heavy atom. The molecule has 198 valence electrons. The summed E-state index contributed by atoms with van der Waals surface area (Å²) in [4.78, 5) is 27.8. The smallest absolute Gasteiger partial charge is 0.244 e. The van der Waals surface area contributed by atoms with Crippen LogP contribution in [0.1, 0.15) is 52.7 Å². The first-order valence-electron chi connectivity index (χ1n) is 12.0. The summed E-state index contributed by atoms with van der Waals surface area (Å²) in [7, 11) is -3.77. The number of hydrogen-bond acceptors (Lipinski definition) is 4. The van der Waals surface area contributed by atoms with E-state index in [1.807, 2.05) is 26.0 Å². The number of benzene rings is 2. The number of halogens is 1. The van der Waals surface area contributed by atoms with Crippen LogP contribution in [0.25, 0.3) is 0 Å². The standard InChI is InChI=1S/C27H38ClN3O4S/c1-19(2)16-29-26(33)20(3)30(17-21-8-12-23(28)13-9-21)25(32)18-31(36(7,34)35)24-14-10-22(11-15-24)27(4,5)6/h8-15,19-20H,16-18H2,1-7H3,(H,29,33)/t20-/m0/s1. The van der Waals surface area contributed by atoms with Crippen molar-refractivity contribution in [2.24, 2.45) is 5.92 Å². The predicted octanol–water partition coefficient (Wildman–Crippen LogP) is 4.59. The first kappa shape index (κ1) is 29.6. The average molecular weight is 536 g/mol. The highest BCUT2D eigenvalue weighted by atomic mass is 35.5. The van der Waals surface area contributed by atoms with E-state index in [1.54, 1.807) is 43.3 Å². The number of amides is 2. The molecule has 0 fully saturated rings. The van der Waals surface area contributed by atoms with Crippen LogP contribution in [0.2, 0.25) is 5.02 Å². The third-order valence-corrected chi connectivity index (χ3v) is 7.21. The Kier molecular flexibility index (Phi) is 9.97. The van der Waals surface area contributed by atoms with E-state index in [2.05, 4.69) is 26.1 Å². The van der Waals surface area contributed by atoms with Gasteiger partial charge in [0, 0.05) is 18.1 Å². The van der Waals surface area contributed by atoms with E-state index in [1.165, 1.54) is 4.90 Å². The SMILES string of the molecule is CC(C)CNC(=O)[C@H](C)N(Cc1ccc(Cl)cc1)C(=O)CN(c1ccc(C(C)(C)C)cc1)S(C)(=O)=O. The summed E-state index contributed by atoms with van der Waals surface area (Å²) in [5, 5.41) is 3.42. The van der Waals surface area contributed by atoms with E-state index in [4.69, 9.17) is 11.6 Å². The van der Waals surface area contributed by atoms with Crippen LogP contribution in [-0.2, 0) is 31.6 Å². The van der Waals surface area contributed by atoms with Gasteiger partial charge in [-0.1, -0.05) is 70.5 Å². The summed E-state index contributed by atoms with van der Waals surface area (Å²) in [5.41, 5.74) is 2.11. The molecule has 0 bridgehead atoms. The molecule has 7 nitrogen and oxygen atoms in total. The monoisotopic (exact) mass is 535 g/mol. The van der Waals surface area contributed by atoms with Crippen molar-refractivity contribution in [3.8, 4) is 0 Å². The maximum atomic E-state index is 13.6. The van der Waals surface area contributed by atoms with Crippen LogP contribution >= 0.6 is 11.6 Å². The summed E-state index contributed by atoms with van der Waals surface area (Å²) >= 11 is 6.00. The Morgan fingerprint density at radius 2 is 1.53 bits per heavy atom. The Bertz CT molecular complexity index is 1140. The van der Waals surface area contributed by atoms with Gasteiger partial charge in [-0.05, 0) is 53.6 Å². The molecular formula is C27H38ClN3O4S. The number of sulfonamides is 1. The highest BCUT2D eigenvalue weighted by Crippen LogP contribution is 2.26. The van der Waals surface area contributed by atoms with Gasteiger partial charge in [0.05, 0.1) is 11.9 Å². The molecule has 2 aromatic carbocycles. The van der Waals surface area contributed by atoms with Gasteiger partial charge in [0.25, 0.3) is 0 Å². The molecule has 0 aliphatic rings. The van der Waals surface area contributed by atoms with Crippen LogP contribution in [-0.4, -0.2) is 50.5 Å². The maximum Gasteiger partial charge on any atom is 0.244 e. The Morgan fingerprint density at radius 3 is 2.00 bits per heavy atom. The third-order valence-electron chi connectivity index (χ3n) is 5.82. The van der Waals surface area contributed by atoms with Gasteiger partial charge in [0.15, 0.2) is 0 Å². The van der Waals surface area contributed by atoms with Crippen molar-refractivity contribution in [3.63, 3.8) is 0 Å². The quantitative estimate of drug-likeness (QED) is 0.482. The average Bonchev–Trinajstić information content (AvgIpc) is 2.78. The zero-order valence-corrected chi connectivity index (χ0v) is 23.8. The van der Waals surface area contributed by atoms with E-state index < -0.39 is 28.5 Å². The second-order valence-corrected chi connectivity index (χ2v) is 12.9. The Labute approximate surface area is 220 Å². The van der Waals surface area contributed by atoms with Crippen molar-refractivity contribution < 1.29 is 18.0 Å². The Balaban J connectivity index is 2.37. The van der Waals surface area contributed by atoms with E-state index in [-0.39, 0.29) is 23.8 Å². The number of nitrogens with zero attached hydrogens (tertiary/aromatic N) is 2. The van der Waals surface area contributed by atoms with E-state index >= 15 is 0 Å². The van der Waals surface area contributed by atoms with Crippen LogP contribution in [0, 0.1) is 5.92 Å². The highest BCUT2D eigenvalue weighted by Gasteiger charge is 2.30. The molecule has 0 unspecified atom stereocenters. The molecule has 0 saturated heterocycles. The van der Waals surface area contributed by atoms with Gasteiger partial charge in [-0.2, -0.15) is 0 Å². The van der Waals surface area contributed by atoms with Gasteiger partial charge in [-0.15, -0.1) is 0 Å². The number of carbonyl (C=O) groups is 2. The van der Waals surface area contributed by atoms with Gasteiger partial charge in [-0.3, -0.25) is 13.9 Å². The second kappa shape index (κ2) is 12.1. The number of hydrogen-bond donors (Lipinski definition) is 1. The summed E-state index contributed by atoms with van der Waals surface area (Å²) in [5.74, 6) is -0.535. The first-order valence-corrected chi connectivity index (χ1v) is 14.2.